The number of carbonyl (C=O) groups excluding carboxylic acids is 3. The van der Waals surface area contributed by atoms with Crippen molar-refractivity contribution in [1.82, 2.24) is 5.32 Å². The standard InChI is InChI=1S/C19H27NO6/c1-4-24-19(23)20-17(14(2)3)18(22)25-12-8-11-16(21)26-13-15-9-6-5-7-10-15/h5-7,9-10,14,17H,4,8,11-13H2,1-3H3,(H,20,23)/t17-/m0/s1. The summed E-state index contributed by atoms with van der Waals surface area (Å²) in [6.45, 7) is 5.78. The number of esters is 2. The van der Waals surface area contributed by atoms with Crippen molar-refractivity contribution in [2.24, 2.45) is 5.92 Å². The molecule has 0 bridgehead atoms. The van der Waals surface area contributed by atoms with Gasteiger partial charge in [0, 0.05) is 6.42 Å². The van der Waals surface area contributed by atoms with E-state index >= 15 is 0 Å². The van der Waals surface area contributed by atoms with Gasteiger partial charge in [0.1, 0.15) is 12.6 Å². The summed E-state index contributed by atoms with van der Waals surface area (Å²) in [7, 11) is 0. The minimum atomic E-state index is -0.793. The van der Waals surface area contributed by atoms with Crippen LogP contribution < -0.4 is 5.32 Å². The fourth-order valence-corrected chi connectivity index (χ4v) is 2.09. The zero-order valence-electron chi connectivity index (χ0n) is 15.5. The minimum Gasteiger partial charge on any atom is -0.464 e. The SMILES string of the molecule is CCOC(=O)N[C@H](C(=O)OCCCC(=O)OCc1ccccc1)C(C)C. The van der Waals surface area contributed by atoms with Gasteiger partial charge in [-0.1, -0.05) is 44.2 Å². The molecule has 0 aliphatic rings. The zero-order valence-corrected chi connectivity index (χ0v) is 15.5. The second-order valence-corrected chi connectivity index (χ2v) is 6.00. The zero-order chi connectivity index (χ0) is 19.4. The van der Waals surface area contributed by atoms with E-state index in [-0.39, 0.29) is 38.1 Å². The molecule has 1 N–H and O–H groups in total. The van der Waals surface area contributed by atoms with Crippen LogP contribution in [0.4, 0.5) is 4.79 Å². The average molecular weight is 365 g/mol. The Balaban J connectivity index is 2.26. The molecule has 1 amide bonds. The highest BCUT2D eigenvalue weighted by Gasteiger charge is 2.26. The van der Waals surface area contributed by atoms with Gasteiger partial charge in [0.25, 0.3) is 0 Å². The van der Waals surface area contributed by atoms with E-state index < -0.39 is 18.1 Å². The summed E-state index contributed by atoms with van der Waals surface area (Å²) in [6, 6.07) is 8.59. The molecule has 144 valence electrons. The number of ether oxygens (including phenoxy) is 3. The van der Waals surface area contributed by atoms with Crippen molar-refractivity contribution in [3.8, 4) is 0 Å². The molecule has 0 saturated heterocycles. The molecule has 1 aromatic carbocycles. The van der Waals surface area contributed by atoms with Crippen molar-refractivity contribution in [3.63, 3.8) is 0 Å². The fourth-order valence-electron chi connectivity index (χ4n) is 2.09. The molecule has 0 aliphatic carbocycles. The molecular weight excluding hydrogens is 338 g/mol. The summed E-state index contributed by atoms with van der Waals surface area (Å²) in [4.78, 5) is 35.2. The lowest BCUT2D eigenvalue weighted by atomic mass is 10.1. The number of alkyl carbamates (subject to hydrolysis) is 1. The van der Waals surface area contributed by atoms with Gasteiger partial charge in [-0.15, -0.1) is 0 Å². The Morgan fingerprint density at radius 1 is 1.04 bits per heavy atom. The molecular formula is C19H27NO6. The summed E-state index contributed by atoms with van der Waals surface area (Å²) in [5.74, 6) is -1.05. The molecule has 7 nitrogen and oxygen atoms in total. The second-order valence-electron chi connectivity index (χ2n) is 6.00. The van der Waals surface area contributed by atoms with Gasteiger partial charge in [0.2, 0.25) is 0 Å². The lowest BCUT2D eigenvalue weighted by molar-refractivity contribution is -0.150. The highest BCUT2D eigenvalue weighted by molar-refractivity contribution is 5.81. The van der Waals surface area contributed by atoms with Gasteiger partial charge in [-0.05, 0) is 24.8 Å². The maximum atomic E-state index is 12.1. The lowest BCUT2D eigenvalue weighted by Crippen LogP contribution is -2.45. The molecule has 1 aromatic rings. The topological polar surface area (TPSA) is 90.9 Å². The summed E-state index contributed by atoms with van der Waals surface area (Å²) >= 11 is 0. The van der Waals surface area contributed by atoms with Gasteiger partial charge in [0.15, 0.2) is 0 Å². The van der Waals surface area contributed by atoms with E-state index in [0.717, 1.165) is 5.56 Å². The summed E-state index contributed by atoms with van der Waals surface area (Å²) in [5.41, 5.74) is 0.914. The van der Waals surface area contributed by atoms with Crippen LogP contribution in [0.25, 0.3) is 0 Å². The van der Waals surface area contributed by atoms with Crippen LogP contribution in [0.1, 0.15) is 39.2 Å². The highest BCUT2D eigenvalue weighted by Crippen LogP contribution is 2.06. The minimum absolute atomic E-state index is 0.0764. The van der Waals surface area contributed by atoms with Crippen LogP contribution in [0, 0.1) is 5.92 Å². The van der Waals surface area contributed by atoms with Gasteiger partial charge in [0.05, 0.1) is 13.2 Å². The third-order valence-corrected chi connectivity index (χ3v) is 3.48. The predicted molar refractivity (Wildman–Crippen MR) is 95.2 cm³/mol. The molecule has 0 aliphatic heterocycles. The molecule has 7 heteroatoms. The quantitative estimate of drug-likeness (QED) is 0.389. The molecule has 0 unspecified atom stereocenters. The Hall–Kier alpha value is -2.57. The molecule has 0 heterocycles. The van der Waals surface area contributed by atoms with Crippen LogP contribution in [0.5, 0.6) is 0 Å². The first-order chi connectivity index (χ1) is 12.4. The number of rotatable bonds is 10. The van der Waals surface area contributed by atoms with Crippen LogP contribution >= 0.6 is 0 Å². The van der Waals surface area contributed by atoms with Crippen molar-refractivity contribution in [2.75, 3.05) is 13.2 Å². The van der Waals surface area contributed by atoms with Crippen molar-refractivity contribution < 1.29 is 28.6 Å². The molecule has 0 radical (unpaired) electrons. The van der Waals surface area contributed by atoms with E-state index in [4.69, 9.17) is 14.2 Å². The molecule has 0 saturated carbocycles. The Kier molecular flexibility index (Phi) is 9.82. The second kappa shape index (κ2) is 11.9. The van der Waals surface area contributed by atoms with E-state index in [2.05, 4.69) is 5.32 Å². The smallest absolute Gasteiger partial charge is 0.407 e. The number of hydrogen-bond acceptors (Lipinski definition) is 6. The van der Waals surface area contributed by atoms with Gasteiger partial charge >= 0.3 is 18.0 Å². The van der Waals surface area contributed by atoms with Crippen molar-refractivity contribution in [1.29, 1.82) is 0 Å². The van der Waals surface area contributed by atoms with E-state index in [1.54, 1.807) is 20.8 Å². The number of carbonyl (C=O) groups is 3. The van der Waals surface area contributed by atoms with Crippen molar-refractivity contribution in [2.45, 2.75) is 46.3 Å². The van der Waals surface area contributed by atoms with Crippen LogP contribution in [-0.2, 0) is 30.4 Å². The van der Waals surface area contributed by atoms with Crippen LogP contribution in [0.2, 0.25) is 0 Å². The number of amides is 1. The normalized spacial score (nSPS) is 11.5. The van der Waals surface area contributed by atoms with Crippen LogP contribution in [0.15, 0.2) is 30.3 Å². The molecule has 1 rings (SSSR count). The van der Waals surface area contributed by atoms with Gasteiger partial charge in [-0.25, -0.2) is 9.59 Å². The molecule has 0 spiro atoms. The maximum Gasteiger partial charge on any atom is 0.407 e. The molecule has 0 fully saturated rings. The van der Waals surface area contributed by atoms with E-state index in [1.165, 1.54) is 0 Å². The largest absolute Gasteiger partial charge is 0.464 e. The van der Waals surface area contributed by atoms with E-state index in [0.29, 0.717) is 6.42 Å². The van der Waals surface area contributed by atoms with E-state index in [1.807, 2.05) is 30.3 Å². The van der Waals surface area contributed by atoms with Crippen molar-refractivity contribution in [3.05, 3.63) is 35.9 Å². The maximum absolute atomic E-state index is 12.1. The fraction of sp³-hybridized carbons (Fsp3) is 0.526. The molecule has 0 aromatic heterocycles. The van der Waals surface area contributed by atoms with Gasteiger partial charge in [-0.3, -0.25) is 4.79 Å². The third kappa shape index (κ3) is 8.50. The highest BCUT2D eigenvalue weighted by atomic mass is 16.6. The first-order valence-electron chi connectivity index (χ1n) is 8.73. The Labute approximate surface area is 154 Å². The number of benzene rings is 1. The Morgan fingerprint density at radius 3 is 2.35 bits per heavy atom. The average Bonchev–Trinajstić information content (AvgIpc) is 2.62. The van der Waals surface area contributed by atoms with Crippen LogP contribution in [0.3, 0.4) is 0 Å². The monoisotopic (exact) mass is 365 g/mol. The Bertz CT molecular complexity index is 573. The van der Waals surface area contributed by atoms with Crippen LogP contribution in [-0.4, -0.2) is 37.3 Å². The van der Waals surface area contributed by atoms with E-state index in [9.17, 15) is 14.4 Å². The predicted octanol–water partition coefficient (Wildman–Crippen LogP) is 2.82. The Morgan fingerprint density at radius 2 is 1.73 bits per heavy atom. The van der Waals surface area contributed by atoms with Crippen molar-refractivity contribution >= 4 is 18.0 Å². The first kappa shape index (κ1) is 21.5. The molecule has 1 atom stereocenters. The third-order valence-electron chi connectivity index (χ3n) is 3.48. The molecule has 26 heavy (non-hydrogen) atoms. The summed E-state index contributed by atoms with van der Waals surface area (Å²) in [6.07, 6.45) is -0.158. The number of nitrogens with one attached hydrogen (secondary N) is 1. The van der Waals surface area contributed by atoms with Gasteiger partial charge in [-0.2, -0.15) is 0 Å². The summed E-state index contributed by atoms with van der Waals surface area (Å²) < 4.78 is 15.1. The first-order valence-corrected chi connectivity index (χ1v) is 8.73. The number of hydrogen-bond donors (Lipinski definition) is 1. The lowest BCUT2D eigenvalue weighted by Gasteiger charge is -2.20. The van der Waals surface area contributed by atoms with Gasteiger partial charge < -0.3 is 19.5 Å². The summed E-state index contributed by atoms with van der Waals surface area (Å²) in [5, 5.41) is 2.48.